The molecule has 1 spiro atoms. The zero-order valence-electron chi connectivity index (χ0n) is 12.4. The van der Waals surface area contributed by atoms with Gasteiger partial charge in [-0.05, 0) is 56.4 Å². The third-order valence-electron chi connectivity index (χ3n) is 4.99. The second kappa shape index (κ2) is 6.36. The molecule has 3 heteroatoms. The SMILES string of the molecule is CC=NC=CC(=N)N1CCC2(CCC(CC)CC2)C1. The topological polar surface area (TPSA) is 39.5 Å². The zero-order chi connectivity index (χ0) is 13.7. The average molecular weight is 261 g/mol. The molecule has 0 amide bonds. The van der Waals surface area contributed by atoms with E-state index in [-0.39, 0.29) is 0 Å². The smallest absolute Gasteiger partial charge is 0.122 e. The van der Waals surface area contributed by atoms with E-state index >= 15 is 0 Å². The summed E-state index contributed by atoms with van der Waals surface area (Å²) >= 11 is 0. The van der Waals surface area contributed by atoms with Crippen LogP contribution in [0, 0.1) is 16.7 Å². The molecule has 19 heavy (non-hydrogen) atoms. The number of nitrogens with zero attached hydrogens (tertiary/aromatic N) is 2. The summed E-state index contributed by atoms with van der Waals surface area (Å²) in [5.74, 6) is 1.58. The van der Waals surface area contributed by atoms with Gasteiger partial charge in [-0.15, -0.1) is 0 Å². The van der Waals surface area contributed by atoms with E-state index in [0.29, 0.717) is 11.3 Å². The highest BCUT2D eigenvalue weighted by molar-refractivity contribution is 5.90. The molecule has 1 aliphatic heterocycles. The molecule has 1 saturated carbocycles. The van der Waals surface area contributed by atoms with E-state index in [1.807, 2.05) is 13.0 Å². The molecule has 2 aliphatic rings. The Morgan fingerprint density at radius 2 is 2.11 bits per heavy atom. The van der Waals surface area contributed by atoms with Crippen molar-refractivity contribution >= 4 is 12.1 Å². The van der Waals surface area contributed by atoms with Gasteiger partial charge in [0.1, 0.15) is 5.84 Å². The molecular weight excluding hydrogens is 234 g/mol. The molecule has 2 rings (SSSR count). The number of likely N-dealkylation sites (tertiary alicyclic amines) is 1. The fraction of sp³-hybridized carbons (Fsp3) is 0.750. The molecule has 0 radical (unpaired) electrons. The molecule has 1 saturated heterocycles. The summed E-state index contributed by atoms with van der Waals surface area (Å²) in [6.07, 6.45) is 13.4. The summed E-state index contributed by atoms with van der Waals surface area (Å²) in [5.41, 5.74) is 0.514. The third kappa shape index (κ3) is 3.46. The van der Waals surface area contributed by atoms with Crippen LogP contribution < -0.4 is 0 Å². The van der Waals surface area contributed by atoms with E-state index in [1.54, 1.807) is 12.4 Å². The van der Waals surface area contributed by atoms with Gasteiger partial charge in [-0.3, -0.25) is 10.4 Å². The van der Waals surface area contributed by atoms with Gasteiger partial charge in [0.2, 0.25) is 0 Å². The first-order chi connectivity index (χ1) is 9.19. The van der Waals surface area contributed by atoms with E-state index < -0.39 is 0 Å². The minimum Gasteiger partial charge on any atom is -0.356 e. The number of hydrogen-bond donors (Lipinski definition) is 1. The van der Waals surface area contributed by atoms with Crippen molar-refractivity contribution in [3.63, 3.8) is 0 Å². The molecule has 0 atom stereocenters. The normalized spacial score (nSPS) is 31.9. The van der Waals surface area contributed by atoms with E-state index in [4.69, 9.17) is 5.41 Å². The van der Waals surface area contributed by atoms with Gasteiger partial charge in [-0.2, -0.15) is 0 Å². The predicted molar refractivity (Wildman–Crippen MR) is 81.9 cm³/mol. The highest BCUT2D eigenvalue weighted by atomic mass is 15.2. The minimum atomic E-state index is 0.514. The Morgan fingerprint density at radius 3 is 2.74 bits per heavy atom. The van der Waals surface area contributed by atoms with Crippen LogP contribution in [0.1, 0.15) is 52.4 Å². The zero-order valence-corrected chi connectivity index (χ0v) is 12.4. The summed E-state index contributed by atoms with van der Waals surface area (Å²) < 4.78 is 0. The maximum absolute atomic E-state index is 8.11. The van der Waals surface area contributed by atoms with E-state index in [0.717, 1.165) is 19.0 Å². The molecule has 0 aromatic carbocycles. The van der Waals surface area contributed by atoms with Crippen LogP contribution in [0.5, 0.6) is 0 Å². The predicted octanol–water partition coefficient (Wildman–Crippen LogP) is 3.86. The van der Waals surface area contributed by atoms with Crippen molar-refractivity contribution in [2.45, 2.75) is 52.4 Å². The lowest BCUT2D eigenvalue weighted by Crippen LogP contribution is -2.33. The van der Waals surface area contributed by atoms with Gasteiger partial charge in [0.05, 0.1) is 0 Å². The molecule has 0 aromatic heterocycles. The Kier molecular flexibility index (Phi) is 4.78. The summed E-state index contributed by atoms with van der Waals surface area (Å²) in [4.78, 5) is 6.27. The summed E-state index contributed by atoms with van der Waals surface area (Å²) in [6.45, 7) is 6.35. The summed E-state index contributed by atoms with van der Waals surface area (Å²) in [7, 11) is 0. The van der Waals surface area contributed by atoms with E-state index in [9.17, 15) is 0 Å². The van der Waals surface area contributed by atoms with Crippen LogP contribution in [0.2, 0.25) is 0 Å². The monoisotopic (exact) mass is 261 g/mol. The van der Waals surface area contributed by atoms with E-state index in [2.05, 4.69) is 16.8 Å². The molecular formula is C16H27N3. The molecule has 0 bridgehead atoms. The van der Waals surface area contributed by atoms with Gasteiger partial charge < -0.3 is 4.90 Å². The first kappa shape index (κ1) is 14.3. The number of aliphatic imine (C=N–C) groups is 1. The summed E-state index contributed by atoms with van der Waals surface area (Å²) in [5, 5.41) is 8.11. The van der Waals surface area contributed by atoms with Crippen molar-refractivity contribution in [2.24, 2.45) is 16.3 Å². The number of nitrogens with one attached hydrogen (secondary N) is 1. The lowest BCUT2D eigenvalue weighted by atomic mass is 9.69. The fourth-order valence-electron chi connectivity index (χ4n) is 3.55. The molecule has 0 unspecified atom stereocenters. The molecule has 3 nitrogen and oxygen atoms in total. The average Bonchev–Trinajstić information content (AvgIpc) is 2.84. The molecule has 0 aromatic rings. The highest BCUT2D eigenvalue weighted by Gasteiger charge is 2.40. The van der Waals surface area contributed by atoms with Crippen molar-refractivity contribution in [1.82, 2.24) is 4.90 Å². The van der Waals surface area contributed by atoms with Gasteiger partial charge in [-0.1, -0.05) is 13.3 Å². The molecule has 106 valence electrons. The lowest BCUT2D eigenvalue weighted by Gasteiger charge is -2.37. The van der Waals surface area contributed by atoms with E-state index in [1.165, 1.54) is 38.5 Å². The molecule has 1 N–H and O–H groups in total. The van der Waals surface area contributed by atoms with Gasteiger partial charge in [0.25, 0.3) is 0 Å². The van der Waals surface area contributed by atoms with Gasteiger partial charge in [0.15, 0.2) is 0 Å². The summed E-state index contributed by atoms with van der Waals surface area (Å²) in [6, 6.07) is 0. The van der Waals surface area contributed by atoms with Crippen LogP contribution in [0.15, 0.2) is 17.3 Å². The second-order valence-electron chi connectivity index (χ2n) is 6.13. The quantitative estimate of drug-likeness (QED) is 0.608. The van der Waals surface area contributed by atoms with Crippen molar-refractivity contribution < 1.29 is 0 Å². The highest BCUT2D eigenvalue weighted by Crippen LogP contribution is 2.46. The van der Waals surface area contributed by atoms with Gasteiger partial charge in [-0.25, -0.2) is 0 Å². The van der Waals surface area contributed by atoms with Crippen LogP contribution in [-0.4, -0.2) is 30.0 Å². The van der Waals surface area contributed by atoms with Crippen molar-refractivity contribution in [2.75, 3.05) is 13.1 Å². The Hall–Kier alpha value is -1.12. The maximum Gasteiger partial charge on any atom is 0.122 e. The van der Waals surface area contributed by atoms with Crippen LogP contribution in [-0.2, 0) is 0 Å². The maximum atomic E-state index is 8.11. The third-order valence-corrected chi connectivity index (χ3v) is 4.99. The van der Waals surface area contributed by atoms with Crippen molar-refractivity contribution in [3.05, 3.63) is 12.3 Å². The van der Waals surface area contributed by atoms with Crippen molar-refractivity contribution in [3.8, 4) is 0 Å². The number of amidine groups is 1. The van der Waals surface area contributed by atoms with Gasteiger partial charge >= 0.3 is 0 Å². The molecule has 1 aliphatic carbocycles. The van der Waals surface area contributed by atoms with Crippen LogP contribution in [0.4, 0.5) is 0 Å². The van der Waals surface area contributed by atoms with Crippen LogP contribution in [0.25, 0.3) is 0 Å². The Balaban J connectivity index is 1.87. The number of hydrogen-bond acceptors (Lipinski definition) is 2. The first-order valence-corrected chi connectivity index (χ1v) is 7.67. The van der Waals surface area contributed by atoms with Crippen LogP contribution >= 0.6 is 0 Å². The first-order valence-electron chi connectivity index (χ1n) is 7.67. The Labute approximate surface area is 117 Å². The Morgan fingerprint density at radius 1 is 1.37 bits per heavy atom. The van der Waals surface area contributed by atoms with Gasteiger partial charge in [0, 0.05) is 25.5 Å². The largest absolute Gasteiger partial charge is 0.356 e. The molecule has 1 heterocycles. The lowest BCUT2D eigenvalue weighted by molar-refractivity contribution is 0.159. The Bertz CT molecular complexity index is 362. The minimum absolute atomic E-state index is 0.514. The molecule has 2 fully saturated rings. The second-order valence-corrected chi connectivity index (χ2v) is 6.13. The van der Waals surface area contributed by atoms with Crippen LogP contribution in [0.3, 0.4) is 0 Å². The fourth-order valence-corrected chi connectivity index (χ4v) is 3.55. The van der Waals surface area contributed by atoms with Crippen molar-refractivity contribution in [1.29, 1.82) is 5.41 Å². The standard InChI is InChI=1S/C16H27N3/c1-3-14-5-8-16(9-6-14)10-12-19(13-16)15(17)7-11-18-4-2/h4,7,11,14,17H,3,5-6,8-10,12-13H2,1-2H3. The number of rotatable bonds is 3.